The Morgan fingerprint density at radius 3 is 3.05 bits per heavy atom. The molecule has 0 aromatic heterocycles. The smallest absolute Gasteiger partial charge is 0.243 e. The average Bonchev–Trinajstić information content (AvgIpc) is 2.40. The van der Waals surface area contributed by atoms with Gasteiger partial charge in [-0.3, -0.25) is 4.79 Å². The van der Waals surface area contributed by atoms with Gasteiger partial charge in [-0.05, 0) is 37.1 Å². The monoisotopic (exact) mass is 282 g/mol. The van der Waals surface area contributed by atoms with Crippen LogP contribution < -0.4 is 11.1 Å². The number of amides is 1. The summed E-state index contributed by atoms with van der Waals surface area (Å²) in [6, 6.07) is 7.60. The number of rotatable bonds is 5. The first-order valence-electron chi connectivity index (χ1n) is 6.53. The van der Waals surface area contributed by atoms with Crippen LogP contribution in [0.15, 0.2) is 24.3 Å². The van der Waals surface area contributed by atoms with Crippen molar-refractivity contribution in [1.82, 2.24) is 5.32 Å². The molecule has 5 heteroatoms. The van der Waals surface area contributed by atoms with E-state index in [2.05, 4.69) is 5.32 Å². The molecule has 0 saturated carbocycles. The van der Waals surface area contributed by atoms with Gasteiger partial charge in [-0.2, -0.15) is 0 Å². The lowest BCUT2D eigenvalue weighted by Crippen LogP contribution is -2.35. The van der Waals surface area contributed by atoms with E-state index in [1.807, 2.05) is 24.3 Å². The number of nitrogens with two attached hydrogens (primary N) is 1. The third-order valence-electron chi connectivity index (χ3n) is 3.35. The molecule has 0 radical (unpaired) electrons. The molecule has 1 aliphatic rings. The first-order chi connectivity index (χ1) is 9.16. The minimum atomic E-state index is -0.448. The molecule has 1 aromatic carbocycles. The molecule has 3 N–H and O–H groups in total. The van der Waals surface area contributed by atoms with Gasteiger partial charge in [0.15, 0.2) is 0 Å². The zero-order chi connectivity index (χ0) is 13.7. The summed E-state index contributed by atoms with van der Waals surface area (Å²) in [6.07, 6.45) is 2.05. The Balaban J connectivity index is 2.14. The maximum Gasteiger partial charge on any atom is 0.243 e. The topological polar surface area (TPSA) is 64.4 Å². The molecule has 1 aliphatic heterocycles. The first-order valence-corrected chi connectivity index (χ1v) is 6.90. The fraction of sp³-hybridized carbons (Fsp3) is 0.500. The predicted octanol–water partition coefficient (Wildman–Crippen LogP) is 1.88. The zero-order valence-electron chi connectivity index (χ0n) is 10.8. The van der Waals surface area contributed by atoms with Crippen molar-refractivity contribution in [2.75, 3.05) is 19.7 Å². The Kier molecular flexibility index (Phi) is 5.19. The fourth-order valence-electron chi connectivity index (χ4n) is 2.50. The van der Waals surface area contributed by atoms with Crippen molar-refractivity contribution >= 4 is 17.5 Å². The van der Waals surface area contributed by atoms with Crippen LogP contribution in [0.3, 0.4) is 0 Å². The molecule has 0 unspecified atom stereocenters. The molecular formula is C14H19ClN2O2. The Morgan fingerprint density at radius 1 is 1.58 bits per heavy atom. The van der Waals surface area contributed by atoms with Crippen molar-refractivity contribution < 1.29 is 9.53 Å². The van der Waals surface area contributed by atoms with Gasteiger partial charge in [-0.15, -0.1) is 0 Å². The van der Waals surface area contributed by atoms with Crippen LogP contribution in [-0.2, 0) is 9.53 Å². The lowest BCUT2D eigenvalue weighted by molar-refractivity contribution is -0.126. The number of piperidine rings is 1. The van der Waals surface area contributed by atoms with Gasteiger partial charge in [0.25, 0.3) is 0 Å². The summed E-state index contributed by atoms with van der Waals surface area (Å²) < 4.78 is 5.71. The average molecular weight is 283 g/mol. The van der Waals surface area contributed by atoms with E-state index < -0.39 is 5.91 Å². The number of hydrogen-bond donors (Lipinski definition) is 2. The SMILES string of the molecule is NC(=O)CO[C@@H](c1cccc(Cl)c1)[C@@H]1CCCNC1. The molecule has 1 aromatic rings. The second-order valence-corrected chi connectivity index (χ2v) is 5.30. The highest BCUT2D eigenvalue weighted by Crippen LogP contribution is 2.31. The van der Waals surface area contributed by atoms with E-state index in [9.17, 15) is 4.79 Å². The van der Waals surface area contributed by atoms with E-state index in [-0.39, 0.29) is 12.7 Å². The van der Waals surface area contributed by atoms with E-state index in [1.54, 1.807) is 0 Å². The number of carbonyl (C=O) groups excluding carboxylic acids is 1. The van der Waals surface area contributed by atoms with E-state index in [0.29, 0.717) is 10.9 Å². The van der Waals surface area contributed by atoms with E-state index in [1.165, 1.54) is 0 Å². The largest absolute Gasteiger partial charge is 0.368 e. The quantitative estimate of drug-likeness (QED) is 0.867. The van der Waals surface area contributed by atoms with E-state index in [0.717, 1.165) is 31.5 Å². The van der Waals surface area contributed by atoms with Gasteiger partial charge in [-0.1, -0.05) is 23.7 Å². The van der Waals surface area contributed by atoms with Gasteiger partial charge in [0, 0.05) is 17.5 Å². The molecule has 1 fully saturated rings. The highest BCUT2D eigenvalue weighted by Gasteiger charge is 2.26. The summed E-state index contributed by atoms with van der Waals surface area (Å²) >= 11 is 6.03. The van der Waals surface area contributed by atoms with Crippen LogP contribution in [0.2, 0.25) is 5.02 Å². The lowest BCUT2D eigenvalue weighted by Gasteiger charge is -2.31. The van der Waals surface area contributed by atoms with Gasteiger partial charge in [0.05, 0.1) is 6.10 Å². The summed E-state index contributed by atoms with van der Waals surface area (Å²) in [5, 5.41) is 4.03. The Bertz CT molecular complexity index is 433. The van der Waals surface area contributed by atoms with Crippen molar-refractivity contribution in [3.8, 4) is 0 Å². The van der Waals surface area contributed by atoms with Crippen molar-refractivity contribution in [2.45, 2.75) is 18.9 Å². The van der Waals surface area contributed by atoms with Crippen molar-refractivity contribution in [3.63, 3.8) is 0 Å². The van der Waals surface area contributed by atoms with E-state index >= 15 is 0 Å². The van der Waals surface area contributed by atoms with Crippen LogP contribution in [-0.4, -0.2) is 25.6 Å². The third-order valence-corrected chi connectivity index (χ3v) is 3.58. The number of benzene rings is 1. The standard InChI is InChI=1S/C14H19ClN2O2/c15-12-5-1-3-10(7-12)14(19-9-13(16)18)11-4-2-6-17-8-11/h1,3,5,7,11,14,17H,2,4,6,8-9H2,(H2,16,18)/t11-,14+/m1/s1. The van der Waals surface area contributed by atoms with Crippen LogP contribution in [0.25, 0.3) is 0 Å². The van der Waals surface area contributed by atoms with Gasteiger partial charge < -0.3 is 15.8 Å². The minimum absolute atomic E-state index is 0.0618. The van der Waals surface area contributed by atoms with Gasteiger partial charge in [-0.25, -0.2) is 0 Å². The molecule has 1 heterocycles. The summed E-state index contributed by atoms with van der Waals surface area (Å²) in [5.41, 5.74) is 6.17. The van der Waals surface area contributed by atoms with Crippen molar-refractivity contribution in [3.05, 3.63) is 34.9 Å². The number of primary amides is 1. The molecule has 104 valence electrons. The van der Waals surface area contributed by atoms with Crippen molar-refractivity contribution in [1.29, 1.82) is 0 Å². The number of carbonyl (C=O) groups is 1. The van der Waals surface area contributed by atoms with Crippen molar-refractivity contribution in [2.24, 2.45) is 11.7 Å². The molecule has 0 spiro atoms. The Morgan fingerprint density at radius 2 is 2.42 bits per heavy atom. The lowest BCUT2D eigenvalue weighted by atomic mass is 9.89. The zero-order valence-corrected chi connectivity index (χ0v) is 11.5. The van der Waals surface area contributed by atoms with Crippen LogP contribution in [0, 0.1) is 5.92 Å². The molecular weight excluding hydrogens is 264 g/mol. The number of hydrogen-bond acceptors (Lipinski definition) is 3. The Labute approximate surface area is 118 Å². The molecule has 2 atom stereocenters. The molecule has 19 heavy (non-hydrogen) atoms. The summed E-state index contributed by atoms with van der Waals surface area (Å²) in [7, 11) is 0. The number of nitrogens with one attached hydrogen (secondary N) is 1. The van der Waals surface area contributed by atoms with Crippen LogP contribution in [0.1, 0.15) is 24.5 Å². The first kappa shape index (κ1) is 14.3. The van der Waals surface area contributed by atoms with Gasteiger partial charge >= 0.3 is 0 Å². The second-order valence-electron chi connectivity index (χ2n) is 4.86. The van der Waals surface area contributed by atoms with Gasteiger partial charge in [0.1, 0.15) is 6.61 Å². The molecule has 1 amide bonds. The maximum absolute atomic E-state index is 10.9. The Hall–Kier alpha value is -1.10. The molecule has 4 nitrogen and oxygen atoms in total. The highest BCUT2D eigenvalue weighted by molar-refractivity contribution is 6.30. The van der Waals surface area contributed by atoms with Crippen LogP contribution >= 0.6 is 11.6 Å². The molecule has 1 saturated heterocycles. The molecule has 0 bridgehead atoms. The predicted molar refractivity (Wildman–Crippen MR) is 74.9 cm³/mol. The van der Waals surface area contributed by atoms with Crippen LogP contribution in [0.5, 0.6) is 0 Å². The number of ether oxygens (including phenoxy) is 1. The van der Waals surface area contributed by atoms with Crippen LogP contribution in [0.4, 0.5) is 0 Å². The third kappa shape index (κ3) is 4.20. The highest BCUT2D eigenvalue weighted by atomic mass is 35.5. The number of halogens is 1. The minimum Gasteiger partial charge on any atom is -0.368 e. The summed E-state index contributed by atoms with van der Waals surface area (Å²) in [6.45, 7) is 1.86. The second kappa shape index (κ2) is 6.89. The molecule has 2 rings (SSSR count). The fourth-order valence-corrected chi connectivity index (χ4v) is 2.70. The molecule has 0 aliphatic carbocycles. The summed E-state index contributed by atoms with van der Waals surface area (Å²) in [5.74, 6) is -0.109. The maximum atomic E-state index is 10.9. The summed E-state index contributed by atoms with van der Waals surface area (Å²) in [4.78, 5) is 10.9. The van der Waals surface area contributed by atoms with E-state index in [4.69, 9.17) is 22.1 Å². The van der Waals surface area contributed by atoms with Gasteiger partial charge in [0.2, 0.25) is 5.91 Å². The normalized spacial score (nSPS) is 21.0.